The molecule has 0 aliphatic carbocycles. The highest BCUT2D eigenvalue weighted by Gasteiger charge is 2.23. The second kappa shape index (κ2) is 7.92. The van der Waals surface area contributed by atoms with Crippen LogP contribution >= 0.6 is 0 Å². The zero-order valence-corrected chi connectivity index (χ0v) is 12.5. The standard InChI is InChI=1S/C17H21FN2O2/c1-2-9-19(11-14-5-7-15(18)8-6-14)12-16(21)13-20-10-3-4-17(20)22/h1,5-8,16,21H,3-4,9-13H2. The number of halogens is 1. The number of carbonyl (C=O) groups excluding carboxylic acids is 1. The number of terminal acetylenes is 1. The predicted octanol–water partition coefficient (Wildman–Crippen LogP) is 1.24. The molecule has 0 bridgehead atoms. The van der Waals surface area contributed by atoms with Gasteiger partial charge in [0.15, 0.2) is 0 Å². The maximum absolute atomic E-state index is 12.9. The lowest BCUT2D eigenvalue weighted by molar-refractivity contribution is -0.129. The summed E-state index contributed by atoms with van der Waals surface area (Å²) < 4.78 is 12.9. The van der Waals surface area contributed by atoms with E-state index in [9.17, 15) is 14.3 Å². The molecule has 1 saturated heterocycles. The molecule has 2 rings (SSSR count). The third-order valence-electron chi connectivity index (χ3n) is 3.71. The van der Waals surface area contributed by atoms with Crippen molar-refractivity contribution in [3.8, 4) is 12.3 Å². The molecule has 4 nitrogen and oxygen atoms in total. The highest BCUT2D eigenvalue weighted by atomic mass is 19.1. The maximum Gasteiger partial charge on any atom is 0.222 e. The number of aliphatic hydroxyl groups is 1. The number of hydrogen-bond donors (Lipinski definition) is 1. The third kappa shape index (κ3) is 4.83. The molecule has 22 heavy (non-hydrogen) atoms. The molecule has 0 spiro atoms. The van der Waals surface area contributed by atoms with Gasteiger partial charge in [-0.25, -0.2) is 4.39 Å². The van der Waals surface area contributed by atoms with Crippen LogP contribution in [-0.2, 0) is 11.3 Å². The third-order valence-corrected chi connectivity index (χ3v) is 3.71. The normalized spacial score (nSPS) is 16.1. The van der Waals surface area contributed by atoms with Crippen LogP contribution in [0.3, 0.4) is 0 Å². The van der Waals surface area contributed by atoms with Crippen LogP contribution in [0, 0.1) is 18.2 Å². The second-order valence-electron chi connectivity index (χ2n) is 5.60. The quantitative estimate of drug-likeness (QED) is 0.771. The molecule has 1 aliphatic heterocycles. The Morgan fingerprint density at radius 3 is 2.73 bits per heavy atom. The van der Waals surface area contributed by atoms with E-state index in [0.29, 0.717) is 39.1 Å². The summed E-state index contributed by atoms with van der Waals surface area (Å²) in [7, 11) is 0. The first kappa shape index (κ1) is 16.5. The van der Waals surface area contributed by atoms with E-state index < -0.39 is 6.10 Å². The smallest absolute Gasteiger partial charge is 0.222 e. The van der Waals surface area contributed by atoms with E-state index in [4.69, 9.17) is 6.42 Å². The highest BCUT2D eigenvalue weighted by Crippen LogP contribution is 2.11. The molecule has 118 valence electrons. The molecule has 1 amide bonds. The minimum absolute atomic E-state index is 0.0982. The zero-order chi connectivity index (χ0) is 15.9. The fourth-order valence-corrected chi connectivity index (χ4v) is 2.67. The van der Waals surface area contributed by atoms with Crippen molar-refractivity contribution in [2.45, 2.75) is 25.5 Å². The predicted molar refractivity (Wildman–Crippen MR) is 82.3 cm³/mol. The lowest BCUT2D eigenvalue weighted by atomic mass is 10.2. The van der Waals surface area contributed by atoms with Crippen molar-refractivity contribution >= 4 is 5.91 Å². The van der Waals surface area contributed by atoms with Gasteiger partial charge in [-0.2, -0.15) is 0 Å². The first-order valence-electron chi connectivity index (χ1n) is 7.44. The average molecular weight is 304 g/mol. The summed E-state index contributed by atoms with van der Waals surface area (Å²) in [6.45, 7) is 2.36. The van der Waals surface area contributed by atoms with Crippen molar-refractivity contribution in [1.29, 1.82) is 0 Å². The Morgan fingerprint density at radius 1 is 1.41 bits per heavy atom. The number of likely N-dealkylation sites (tertiary alicyclic amines) is 1. The summed E-state index contributed by atoms with van der Waals surface area (Å²) in [6.07, 6.45) is 6.15. The number of benzene rings is 1. The van der Waals surface area contributed by atoms with E-state index in [1.54, 1.807) is 17.0 Å². The number of aliphatic hydroxyl groups excluding tert-OH is 1. The second-order valence-corrected chi connectivity index (χ2v) is 5.60. The molecular weight excluding hydrogens is 283 g/mol. The van der Waals surface area contributed by atoms with Crippen molar-refractivity contribution in [2.24, 2.45) is 0 Å². The summed E-state index contributed by atoms with van der Waals surface area (Å²) in [5, 5.41) is 10.2. The van der Waals surface area contributed by atoms with Crippen LogP contribution in [0.4, 0.5) is 4.39 Å². The SMILES string of the molecule is C#CCN(Cc1ccc(F)cc1)CC(O)CN1CCCC1=O. The van der Waals surface area contributed by atoms with Gasteiger partial charge in [-0.05, 0) is 24.1 Å². The highest BCUT2D eigenvalue weighted by molar-refractivity contribution is 5.78. The molecule has 1 aromatic carbocycles. The van der Waals surface area contributed by atoms with Gasteiger partial charge in [0.1, 0.15) is 5.82 Å². The Bertz CT molecular complexity index is 539. The van der Waals surface area contributed by atoms with Crippen LogP contribution in [0.5, 0.6) is 0 Å². The maximum atomic E-state index is 12.9. The van der Waals surface area contributed by atoms with Crippen LogP contribution in [-0.4, -0.2) is 53.1 Å². The van der Waals surface area contributed by atoms with Crippen LogP contribution in [0.25, 0.3) is 0 Å². The Morgan fingerprint density at radius 2 is 2.14 bits per heavy atom. The molecular formula is C17H21FN2O2. The summed E-state index contributed by atoms with van der Waals surface area (Å²) in [6, 6.07) is 6.22. The molecule has 0 aromatic heterocycles. The van der Waals surface area contributed by atoms with Crippen LogP contribution in [0.1, 0.15) is 18.4 Å². The average Bonchev–Trinajstić information content (AvgIpc) is 2.87. The number of rotatable bonds is 7. The molecule has 5 heteroatoms. The first-order valence-corrected chi connectivity index (χ1v) is 7.44. The first-order chi connectivity index (χ1) is 10.6. The van der Waals surface area contributed by atoms with Gasteiger partial charge >= 0.3 is 0 Å². The van der Waals surface area contributed by atoms with Gasteiger partial charge in [0.25, 0.3) is 0 Å². The van der Waals surface area contributed by atoms with Crippen LogP contribution in [0.15, 0.2) is 24.3 Å². The van der Waals surface area contributed by atoms with Gasteiger partial charge in [0, 0.05) is 32.6 Å². The number of β-amino-alcohol motifs (C(OH)–C–C–N with tert-alkyl or cyclic N) is 1. The Labute approximate surface area is 130 Å². The van der Waals surface area contributed by atoms with Crippen molar-refractivity contribution in [1.82, 2.24) is 9.80 Å². The van der Waals surface area contributed by atoms with Crippen LogP contribution < -0.4 is 0 Å². The molecule has 0 radical (unpaired) electrons. The number of carbonyl (C=O) groups is 1. The molecule has 1 N–H and O–H groups in total. The molecule has 1 aliphatic rings. The van der Waals surface area contributed by atoms with Crippen molar-refractivity contribution in [2.75, 3.05) is 26.2 Å². The Balaban J connectivity index is 1.88. The minimum atomic E-state index is -0.643. The van der Waals surface area contributed by atoms with Gasteiger partial charge in [-0.3, -0.25) is 9.69 Å². The van der Waals surface area contributed by atoms with E-state index in [-0.39, 0.29) is 11.7 Å². The topological polar surface area (TPSA) is 43.8 Å². The van der Waals surface area contributed by atoms with E-state index in [2.05, 4.69) is 5.92 Å². The number of hydrogen-bond acceptors (Lipinski definition) is 3. The molecule has 1 heterocycles. The molecule has 1 aromatic rings. The summed E-state index contributed by atoms with van der Waals surface area (Å²) in [5.74, 6) is 2.39. The lowest BCUT2D eigenvalue weighted by Gasteiger charge is -2.26. The zero-order valence-electron chi connectivity index (χ0n) is 12.5. The largest absolute Gasteiger partial charge is 0.390 e. The summed E-state index contributed by atoms with van der Waals surface area (Å²) in [5.41, 5.74) is 0.932. The van der Waals surface area contributed by atoms with Gasteiger partial charge in [0.2, 0.25) is 5.91 Å². The number of nitrogens with zero attached hydrogens (tertiary/aromatic N) is 2. The van der Waals surface area contributed by atoms with Gasteiger partial charge in [-0.15, -0.1) is 6.42 Å². The van der Waals surface area contributed by atoms with E-state index in [0.717, 1.165) is 12.0 Å². The van der Waals surface area contributed by atoms with E-state index >= 15 is 0 Å². The number of amides is 1. The molecule has 1 atom stereocenters. The minimum Gasteiger partial charge on any atom is -0.390 e. The van der Waals surface area contributed by atoms with E-state index in [1.165, 1.54) is 12.1 Å². The monoisotopic (exact) mass is 304 g/mol. The molecule has 0 saturated carbocycles. The van der Waals surface area contributed by atoms with Crippen molar-refractivity contribution in [3.05, 3.63) is 35.6 Å². The molecule has 1 fully saturated rings. The summed E-state index contributed by atoms with van der Waals surface area (Å²) >= 11 is 0. The fourth-order valence-electron chi connectivity index (χ4n) is 2.67. The molecule has 1 unspecified atom stereocenters. The van der Waals surface area contributed by atoms with Gasteiger partial charge in [-0.1, -0.05) is 18.1 Å². The Kier molecular flexibility index (Phi) is 5.93. The van der Waals surface area contributed by atoms with Gasteiger partial charge < -0.3 is 10.0 Å². The van der Waals surface area contributed by atoms with Crippen molar-refractivity contribution < 1.29 is 14.3 Å². The lowest BCUT2D eigenvalue weighted by Crippen LogP contribution is -2.40. The summed E-state index contributed by atoms with van der Waals surface area (Å²) in [4.78, 5) is 15.2. The van der Waals surface area contributed by atoms with Gasteiger partial charge in [0.05, 0.1) is 12.6 Å². The van der Waals surface area contributed by atoms with Crippen molar-refractivity contribution in [3.63, 3.8) is 0 Å². The van der Waals surface area contributed by atoms with E-state index in [1.807, 2.05) is 4.90 Å². The van der Waals surface area contributed by atoms with Crippen LogP contribution in [0.2, 0.25) is 0 Å². The fraction of sp³-hybridized carbons (Fsp3) is 0.471. The Hall–Kier alpha value is -1.90.